The third-order valence-electron chi connectivity index (χ3n) is 3.27. The highest BCUT2D eigenvalue weighted by Crippen LogP contribution is 2.35. The number of hydrogen-bond acceptors (Lipinski definition) is 2. The van der Waals surface area contributed by atoms with Crippen LogP contribution in [-0.4, -0.2) is 11.7 Å². The van der Waals surface area contributed by atoms with Gasteiger partial charge in [-0.15, -0.1) is 0 Å². The molecule has 3 nitrogen and oxygen atoms in total. The number of primary amides is 1. The second-order valence-corrected chi connectivity index (χ2v) is 4.64. The molecular weight excluding hydrogens is 259 g/mol. The number of alkyl halides is 3. The summed E-state index contributed by atoms with van der Waals surface area (Å²) in [4.78, 5) is 22.6. The van der Waals surface area contributed by atoms with Crippen LogP contribution >= 0.6 is 0 Å². The molecule has 102 valence electrons. The van der Waals surface area contributed by atoms with E-state index in [1.165, 1.54) is 6.07 Å². The number of Topliss-reactive ketones (excluding diaryl/α,β-unsaturated/α-hetero) is 1. The van der Waals surface area contributed by atoms with E-state index in [9.17, 15) is 22.8 Å². The molecule has 1 amide bonds. The van der Waals surface area contributed by atoms with Crippen LogP contribution in [0.25, 0.3) is 0 Å². The second kappa shape index (κ2) is 4.68. The summed E-state index contributed by atoms with van der Waals surface area (Å²) in [6, 6.07) is 3.13. The summed E-state index contributed by atoms with van der Waals surface area (Å²) in [5.74, 6) is -1.16. The number of amides is 1. The first kappa shape index (κ1) is 13.6. The van der Waals surface area contributed by atoms with E-state index in [0.29, 0.717) is 11.1 Å². The molecule has 19 heavy (non-hydrogen) atoms. The molecule has 0 radical (unpaired) electrons. The lowest BCUT2D eigenvalue weighted by atomic mass is 9.99. The van der Waals surface area contributed by atoms with Crippen LogP contribution < -0.4 is 5.73 Å². The number of rotatable bonds is 3. The molecule has 1 aliphatic carbocycles. The first-order valence-electron chi connectivity index (χ1n) is 5.81. The predicted molar refractivity (Wildman–Crippen MR) is 61.4 cm³/mol. The molecule has 0 aliphatic heterocycles. The van der Waals surface area contributed by atoms with Gasteiger partial charge in [0.25, 0.3) is 0 Å². The van der Waals surface area contributed by atoms with E-state index >= 15 is 0 Å². The van der Waals surface area contributed by atoms with Crippen LogP contribution in [0.1, 0.15) is 34.3 Å². The Labute approximate surface area is 107 Å². The maximum Gasteiger partial charge on any atom is 0.416 e. The van der Waals surface area contributed by atoms with Gasteiger partial charge >= 0.3 is 6.18 Å². The Kier molecular flexibility index (Phi) is 3.34. The Balaban J connectivity index is 2.21. The van der Waals surface area contributed by atoms with Crippen molar-refractivity contribution in [3.05, 3.63) is 34.9 Å². The van der Waals surface area contributed by atoms with Crippen molar-refractivity contribution in [1.29, 1.82) is 0 Å². The molecule has 1 unspecified atom stereocenters. The van der Waals surface area contributed by atoms with Crippen molar-refractivity contribution >= 4 is 11.7 Å². The van der Waals surface area contributed by atoms with Crippen molar-refractivity contribution < 1.29 is 22.8 Å². The average molecular weight is 271 g/mol. The zero-order chi connectivity index (χ0) is 14.2. The van der Waals surface area contributed by atoms with Crippen molar-refractivity contribution in [3.63, 3.8) is 0 Å². The van der Waals surface area contributed by atoms with Gasteiger partial charge in [-0.1, -0.05) is 6.07 Å². The van der Waals surface area contributed by atoms with Gasteiger partial charge in [0, 0.05) is 17.9 Å². The number of benzene rings is 1. The fraction of sp³-hybridized carbons (Fsp3) is 0.385. The maximum absolute atomic E-state index is 12.6. The number of fused-ring (bicyclic) bond motifs is 1. The highest BCUT2D eigenvalue weighted by molar-refractivity contribution is 6.02. The summed E-state index contributed by atoms with van der Waals surface area (Å²) >= 11 is 0. The molecule has 0 saturated heterocycles. The minimum absolute atomic E-state index is 0.0660. The van der Waals surface area contributed by atoms with Gasteiger partial charge in [0.15, 0.2) is 5.78 Å². The minimum Gasteiger partial charge on any atom is -0.370 e. The van der Waals surface area contributed by atoms with Crippen molar-refractivity contribution in [1.82, 2.24) is 0 Å². The minimum atomic E-state index is -4.41. The van der Waals surface area contributed by atoms with Crippen molar-refractivity contribution in [2.75, 3.05) is 0 Å². The predicted octanol–water partition coefficient (Wildman–Crippen LogP) is 2.33. The molecule has 2 N–H and O–H groups in total. The summed E-state index contributed by atoms with van der Waals surface area (Å²) in [6.07, 6.45) is -3.82. The molecule has 1 aromatic rings. The van der Waals surface area contributed by atoms with Crippen LogP contribution in [0.3, 0.4) is 0 Å². The second-order valence-electron chi connectivity index (χ2n) is 4.64. The average Bonchev–Trinajstić information content (AvgIpc) is 2.62. The Morgan fingerprint density at radius 3 is 2.63 bits per heavy atom. The fourth-order valence-corrected chi connectivity index (χ4v) is 2.31. The first-order valence-corrected chi connectivity index (χ1v) is 5.81. The molecule has 1 aromatic carbocycles. The number of carbonyl (C=O) groups excluding carboxylic acids is 2. The smallest absolute Gasteiger partial charge is 0.370 e. The van der Waals surface area contributed by atoms with Gasteiger partial charge in [-0.05, 0) is 30.5 Å². The van der Waals surface area contributed by atoms with Crippen LogP contribution in [0.4, 0.5) is 13.2 Å². The molecular formula is C13H12F3NO2. The Morgan fingerprint density at radius 2 is 2.05 bits per heavy atom. The third-order valence-corrected chi connectivity index (χ3v) is 3.27. The van der Waals surface area contributed by atoms with Crippen LogP contribution in [0.2, 0.25) is 0 Å². The van der Waals surface area contributed by atoms with Crippen LogP contribution in [0, 0.1) is 5.92 Å². The number of nitrogens with two attached hydrogens (primary N) is 1. The molecule has 0 spiro atoms. The lowest BCUT2D eigenvalue weighted by molar-refractivity contribution is -0.137. The summed E-state index contributed by atoms with van der Waals surface area (Å²) in [7, 11) is 0. The fourth-order valence-electron chi connectivity index (χ4n) is 2.31. The SMILES string of the molecule is NC(=O)CCC1Cc2cc(C(F)(F)F)ccc2C1=O. The molecule has 1 atom stereocenters. The maximum atomic E-state index is 12.6. The van der Waals surface area contributed by atoms with E-state index in [2.05, 4.69) is 0 Å². The Hall–Kier alpha value is -1.85. The van der Waals surface area contributed by atoms with Gasteiger partial charge in [0.2, 0.25) is 5.91 Å². The van der Waals surface area contributed by atoms with Gasteiger partial charge in [-0.25, -0.2) is 0 Å². The molecule has 2 rings (SSSR count). The number of hydrogen-bond donors (Lipinski definition) is 1. The van der Waals surface area contributed by atoms with Crippen molar-refractivity contribution in [2.45, 2.75) is 25.4 Å². The molecule has 0 bridgehead atoms. The van der Waals surface area contributed by atoms with E-state index < -0.39 is 23.6 Å². The monoisotopic (exact) mass is 271 g/mol. The third kappa shape index (κ3) is 2.77. The van der Waals surface area contributed by atoms with Crippen LogP contribution in [0.5, 0.6) is 0 Å². The van der Waals surface area contributed by atoms with E-state index in [1.54, 1.807) is 0 Å². The van der Waals surface area contributed by atoms with Gasteiger partial charge in [0.05, 0.1) is 5.56 Å². The highest BCUT2D eigenvalue weighted by Gasteiger charge is 2.35. The Bertz CT molecular complexity index is 537. The standard InChI is InChI=1S/C13H12F3NO2/c14-13(15,16)9-2-3-10-8(6-9)5-7(12(10)19)1-4-11(17)18/h2-3,6-7H,1,4-5H2,(H2,17,18). The normalized spacial score (nSPS) is 18.5. The quantitative estimate of drug-likeness (QED) is 0.917. The van der Waals surface area contributed by atoms with E-state index in [4.69, 9.17) is 5.73 Å². The van der Waals surface area contributed by atoms with Crippen molar-refractivity contribution in [3.8, 4) is 0 Å². The molecule has 6 heteroatoms. The summed E-state index contributed by atoms with van der Waals surface area (Å²) in [5, 5.41) is 0. The number of ketones is 1. The lowest BCUT2D eigenvalue weighted by Crippen LogP contribution is -2.15. The molecule has 0 fully saturated rings. The number of halogens is 3. The van der Waals surface area contributed by atoms with Crippen LogP contribution in [-0.2, 0) is 17.4 Å². The van der Waals surface area contributed by atoms with E-state index in [1.807, 2.05) is 0 Å². The molecule has 0 aromatic heterocycles. The van der Waals surface area contributed by atoms with Gasteiger partial charge in [-0.3, -0.25) is 9.59 Å². The largest absolute Gasteiger partial charge is 0.416 e. The zero-order valence-corrected chi connectivity index (χ0v) is 9.96. The topological polar surface area (TPSA) is 60.2 Å². The Morgan fingerprint density at radius 1 is 1.37 bits per heavy atom. The van der Waals surface area contributed by atoms with Gasteiger partial charge < -0.3 is 5.73 Å². The van der Waals surface area contributed by atoms with Crippen LogP contribution in [0.15, 0.2) is 18.2 Å². The summed E-state index contributed by atoms with van der Waals surface area (Å²) < 4.78 is 37.7. The van der Waals surface area contributed by atoms with Crippen molar-refractivity contribution in [2.24, 2.45) is 11.7 Å². The van der Waals surface area contributed by atoms with Gasteiger partial charge in [0.1, 0.15) is 0 Å². The number of carbonyl (C=O) groups is 2. The van der Waals surface area contributed by atoms with E-state index in [0.717, 1.165) is 12.1 Å². The first-order chi connectivity index (χ1) is 8.79. The molecule has 0 heterocycles. The zero-order valence-electron chi connectivity index (χ0n) is 9.96. The van der Waals surface area contributed by atoms with Gasteiger partial charge in [-0.2, -0.15) is 13.2 Å². The molecule has 0 saturated carbocycles. The summed E-state index contributed by atoms with van der Waals surface area (Å²) in [5.41, 5.74) is 4.97. The van der Waals surface area contributed by atoms with E-state index in [-0.39, 0.29) is 25.0 Å². The lowest BCUT2D eigenvalue weighted by Gasteiger charge is -2.07. The highest BCUT2D eigenvalue weighted by atomic mass is 19.4. The summed E-state index contributed by atoms with van der Waals surface area (Å²) in [6.45, 7) is 0. The molecule has 1 aliphatic rings.